The maximum absolute atomic E-state index is 12.3. The average molecular weight is 284 g/mol. The van der Waals surface area contributed by atoms with Crippen molar-refractivity contribution < 1.29 is 4.79 Å². The van der Waals surface area contributed by atoms with Crippen molar-refractivity contribution >= 4 is 16.8 Å². The predicted octanol–water partition coefficient (Wildman–Crippen LogP) is 3.97. The first-order chi connectivity index (χ1) is 10.2. The van der Waals surface area contributed by atoms with Gasteiger partial charge in [0.05, 0.1) is 0 Å². The number of rotatable bonds is 4. The molecule has 0 aliphatic heterocycles. The molecule has 3 nitrogen and oxygen atoms in total. The number of hydrogen-bond acceptors (Lipinski definition) is 1. The fourth-order valence-electron chi connectivity index (χ4n) is 3.36. The first-order valence-electron chi connectivity index (χ1n) is 8.13. The topological polar surface area (TPSA) is 44.9 Å². The molecule has 1 heterocycles. The van der Waals surface area contributed by atoms with Gasteiger partial charge >= 0.3 is 0 Å². The molecule has 1 aliphatic rings. The molecule has 0 bridgehead atoms. The lowest BCUT2D eigenvalue weighted by Gasteiger charge is -2.13. The SMILES string of the molecule is CCC[C@H](C)NC(=O)c1ccc2[nH]c3c(c2c1)CCCC3. The van der Waals surface area contributed by atoms with Crippen LogP contribution in [0, 0.1) is 0 Å². The molecule has 3 rings (SSSR count). The Kier molecular flexibility index (Phi) is 4.00. The summed E-state index contributed by atoms with van der Waals surface area (Å²) in [5.41, 5.74) is 4.73. The summed E-state index contributed by atoms with van der Waals surface area (Å²) < 4.78 is 0. The second-order valence-electron chi connectivity index (χ2n) is 6.21. The second-order valence-corrected chi connectivity index (χ2v) is 6.21. The molecule has 2 N–H and O–H groups in total. The molecule has 21 heavy (non-hydrogen) atoms. The van der Waals surface area contributed by atoms with Gasteiger partial charge in [-0.2, -0.15) is 0 Å². The number of aromatic nitrogens is 1. The summed E-state index contributed by atoms with van der Waals surface area (Å²) in [6.45, 7) is 4.21. The monoisotopic (exact) mass is 284 g/mol. The van der Waals surface area contributed by atoms with Gasteiger partial charge < -0.3 is 10.3 Å². The van der Waals surface area contributed by atoms with E-state index in [1.807, 2.05) is 12.1 Å². The number of benzene rings is 1. The van der Waals surface area contributed by atoms with Crippen molar-refractivity contribution in [2.75, 3.05) is 0 Å². The van der Waals surface area contributed by atoms with Crippen LogP contribution in [0.25, 0.3) is 10.9 Å². The van der Waals surface area contributed by atoms with Gasteiger partial charge in [0, 0.05) is 28.2 Å². The van der Waals surface area contributed by atoms with Crippen LogP contribution < -0.4 is 5.32 Å². The standard InChI is InChI=1S/C18H24N2O/c1-3-6-12(2)19-18(21)13-9-10-17-15(11-13)14-7-4-5-8-16(14)20-17/h9-12,20H,3-8H2,1-2H3,(H,19,21)/t12-/m0/s1. The minimum Gasteiger partial charge on any atom is -0.358 e. The molecule has 0 saturated heterocycles. The van der Waals surface area contributed by atoms with Gasteiger partial charge in [0.15, 0.2) is 0 Å². The zero-order valence-electron chi connectivity index (χ0n) is 13.0. The highest BCUT2D eigenvalue weighted by atomic mass is 16.1. The Balaban J connectivity index is 1.88. The fourth-order valence-corrected chi connectivity index (χ4v) is 3.36. The van der Waals surface area contributed by atoms with E-state index in [0.717, 1.165) is 31.2 Å². The predicted molar refractivity (Wildman–Crippen MR) is 86.8 cm³/mol. The third-order valence-electron chi connectivity index (χ3n) is 4.46. The van der Waals surface area contributed by atoms with Crippen LogP contribution in [-0.2, 0) is 12.8 Å². The van der Waals surface area contributed by atoms with Crippen molar-refractivity contribution in [2.24, 2.45) is 0 Å². The van der Waals surface area contributed by atoms with Crippen LogP contribution in [0.1, 0.15) is 61.1 Å². The number of aromatic amines is 1. The molecule has 1 aliphatic carbocycles. The molecule has 0 fully saturated rings. The number of fused-ring (bicyclic) bond motifs is 3. The highest BCUT2D eigenvalue weighted by Crippen LogP contribution is 2.29. The fraction of sp³-hybridized carbons (Fsp3) is 0.500. The summed E-state index contributed by atoms with van der Waals surface area (Å²) in [6, 6.07) is 6.27. The number of carbonyl (C=O) groups is 1. The van der Waals surface area contributed by atoms with Gasteiger partial charge in [-0.3, -0.25) is 4.79 Å². The summed E-state index contributed by atoms with van der Waals surface area (Å²) >= 11 is 0. The van der Waals surface area contributed by atoms with Crippen LogP contribution in [0.4, 0.5) is 0 Å². The van der Waals surface area contributed by atoms with Gasteiger partial charge in [-0.15, -0.1) is 0 Å². The molecule has 112 valence electrons. The molecular formula is C18H24N2O. The summed E-state index contributed by atoms with van der Waals surface area (Å²) in [6.07, 6.45) is 6.90. The van der Waals surface area contributed by atoms with E-state index in [1.54, 1.807) is 0 Å². The van der Waals surface area contributed by atoms with E-state index in [1.165, 1.54) is 35.0 Å². The van der Waals surface area contributed by atoms with Gasteiger partial charge in [-0.25, -0.2) is 0 Å². The van der Waals surface area contributed by atoms with Crippen molar-refractivity contribution in [3.63, 3.8) is 0 Å². The van der Waals surface area contributed by atoms with Gasteiger partial charge in [0.25, 0.3) is 5.91 Å². The highest BCUT2D eigenvalue weighted by Gasteiger charge is 2.17. The number of aryl methyl sites for hydroxylation is 2. The minimum absolute atomic E-state index is 0.0450. The Morgan fingerprint density at radius 1 is 1.33 bits per heavy atom. The number of H-pyrrole nitrogens is 1. The lowest BCUT2D eigenvalue weighted by Crippen LogP contribution is -2.32. The third kappa shape index (κ3) is 2.82. The van der Waals surface area contributed by atoms with E-state index in [4.69, 9.17) is 0 Å². The van der Waals surface area contributed by atoms with Crippen molar-refractivity contribution in [3.8, 4) is 0 Å². The zero-order valence-corrected chi connectivity index (χ0v) is 13.0. The van der Waals surface area contributed by atoms with Crippen LogP contribution >= 0.6 is 0 Å². The zero-order chi connectivity index (χ0) is 14.8. The number of hydrogen-bond donors (Lipinski definition) is 2. The smallest absolute Gasteiger partial charge is 0.251 e. The lowest BCUT2D eigenvalue weighted by molar-refractivity contribution is 0.0938. The Bertz CT molecular complexity index is 657. The molecule has 1 aromatic heterocycles. The van der Waals surface area contributed by atoms with E-state index in [9.17, 15) is 4.79 Å². The summed E-state index contributed by atoms with van der Waals surface area (Å²) in [4.78, 5) is 15.9. The summed E-state index contributed by atoms with van der Waals surface area (Å²) in [5, 5.41) is 4.32. The quantitative estimate of drug-likeness (QED) is 0.877. The molecule has 0 spiro atoms. The van der Waals surface area contributed by atoms with Crippen molar-refractivity contribution in [1.29, 1.82) is 0 Å². The van der Waals surface area contributed by atoms with Crippen LogP contribution in [-0.4, -0.2) is 16.9 Å². The van der Waals surface area contributed by atoms with Crippen LogP contribution in [0.15, 0.2) is 18.2 Å². The Morgan fingerprint density at radius 3 is 2.95 bits per heavy atom. The first-order valence-corrected chi connectivity index (χ1v) is 8.13. The van der Waals surface area contributed by atoms with Crippen LogP contribution in [0.3, 0.4) is 0 Å². The lowest BCUT2D eigenvalue weighted by atomic mass is 9.95. The van der Waals surface area contributed by atoms with Gasteiger partial charge in [-0.1, -0.05) is 13.3 Å². The van der Waals surface area contributed by atoms with Crippen LogP contribution in [0.2, 0.25) is 0 Å². The third-order valence-corrected chi connectivity index (χ3v) is 4.46. The maximum atomic E-state index is 12.3. The molecule has 3 heteroatoms. The molecule has 0 unspecified atom stereocenters. The van der Waals surface area contributed by atoms with Crippen LogP contribution in [0.5, 0.6) is 0 Å². The van der Waals surface area contributed by atoms with Crippen molar-refractivity contribution in [2.45, 2.75) is 58.4 Å². The van der Waals surface area contributed by atoms with E-state index in [-0.39, 0.29) is 11.9 Å². The molecule has 1 aromatic carbocycles. The second kappa shape index (κ2) is 5.92. The Morgan fingerprint density at radius 2 is 2.14 bits per heavy atom. The highest BCUT2D eigenvalue weighted by molar-refractivity contribution is 5.99. The van der Waals surface area contributed by atoms with E-state index in [0.29, 0.717) is 0 Å². The number of carbonyl (C=O) groups excluding carboxylic acids is 1. The number of nitrogens with one attached hydrogen (secondary N) is 2. The Hall–Kier alpha value is -1.77. The largest absolute Gasteiger partial charge is 0.358 e. The van der Waals surface area contributed by atoms with Gasteiger partial charge in [0.1, 0.15) is 0 Å². The Labute approximate surface area is 126 Å². The van der Waals surface area contributed by atoms with E-state index >= 15 is 0 Å². The molecule has 0 radical (unpaired) electrons. The molecule has 1 amide bonds. The van der Waals surface area contributed by atoms with Crippen molar-refractivity contribution in [3.05, 3.63) is 35.0 Å². The number of amides is 1. The van der Waals surface area contributed by atoms with E-state index in [2.05, 4.69) is 30.2 Å². The summed E-state index contributed by atoms with van der Waals surface area (Å²) in [5.74, 6) is 0.0450. The maximum Gasteiger partial charge on any atom is 0.251 e. The van der Waals surface area contributed by atoms with Crippen molar-refractivity contribution in [1.82, 2.24) is 10.3 Å². The molecule has 2 aromatic rings. The first kappa shape index (κ1) is 14.2. The normalized spacial score (nSPS) is 15.7. The summed E-state index contributed by atoms with van der Waals surface area (Å²) in [7, 11) is 0. The molecule has 0 saturated carbocycles. The minimum atomic E-state index is 0.0450. The van der Waals surface area contributed by atoms with E-state index < -0.39 is 0 Å². The van der Waals surface area contributed by atoms with Gasteiger partial charge in [-0.05, 0) is 62.8 Å². The molecule has 1 atom stereocenters. The molecular weight excluding hydrogens is 260 g/mol. The van der Waals surface area contributed by atoms with Gasteiger partial charge in [0.2, 0.25) is 0 Å². The average Bonchev–Trinajstić information content (AvgIpc) is 2.85.